The summed E-state index contributed by atoms with van der Waals surface area (Å²) in [7, 11) is -3.56. The number of nitrogens with one attached hydrogen (secondary N) is 1. The van der Waals surface area contributed by atoms with Gasteiger partial charge in [0.2, 0.25) is 15.9 Å². The summed E-state index contributed by atoms with van der Waals surface area (Å²) in [5.74, 6) is -0.342. The number of carbonyl (C=O) groups excluding carboxylic acids is 1. The standard InChI is InChI=1S/C19H24N2O3S/c1-14-6-5-7-17(10-14)12-20-19(22)13-21(25(4,23)24)18-9-8-15(2)16(3)11-18/h5-11H,12-13H2,1-4H3,(H,20,22). The Hall–Kier alpha value is -2.34. The highest BCUT2D eigenvalue weighted by Crippen LogP contribution is 2.21. The topological polar surface area (TPSA) is 66.5 Å². The molecule has 1 N–H and O–H groups in total. The third-order valence-corrected chi connectivity index (χ3v) is 5.18. The van der Waals surface area contributed by atoms with Crippen LogP contribution in [0.15, 0.2) is 42.5 Å². The van der Waals surface area contributed by atoms with E-state index in [0.717, 1.165) is 32.8 Å². The Morgan fingerprint density at radius 1 is 1.04 bits per heavy atom. The number of hydrogen-bond acceptors (Lipinski definition) is 3. The van der Waals surface area contributed by atoms with Crippen LogP contribution < -0.4 is 9.62 Å². The third kappa shape index (κ3) is 5.32. The lowest BCUT2D eigenvalue weighted by atomic mass is 10.1. The number of hydrogen-bond donors (Lipinski definition) is 1. The molecule has 25 heavy (non-hydrogen) atoms. The fraction of sp³-hybridized carbons (Fsp3) is 0.316. The lowest BCUT2D eigenvalue weighted by molar-refractivity contribution is -0.119. The Morgan fingerprint density at radius 2 is 1.76 bits per heavy atom. The maximum atomic E-state index is 12.3. The summed E-state index contributed by atoms with van der Waals surface area (Å²) in [6, 6.07) is 13.2. The van der Waals surface area contributed by atoms with E-state index in [0.29, 0.717) is 12.2 Å². The monoisotopic (exact) mass is 360 g/mol. The van der Waals surface area contributed by atoms with Gasteiger partial charge in [0.05, 0.1) is 11.9 Å². The van der Waals surface area contributed by atoms with Crippen LogP contribution in [0.4, 0.5) is 5.69 Å². The van der Waals surface area contributed by atoms with E-state index in [2.05, 4.69) is 5.32 Å². The Kier molecular flexibility index (Phi) is 5.85. The highest BCUT2D eigenvalue weighted by Gasteiger charge is 2.21. The average molecular weight is 360 g/mol. The summed E-state index contributed by atoms with van der Waals surface area (Å²) in [5.41, 5.74) is 4.63. The van der Waals surface area contributed by atoms with E-state index < -0.39 is 10.0 Å². The van der Waals surface area contributed by atoms with Gasteiger partial charge in [0.25, 0.3) is 0 Å². The van der Waals surface area contributed by atoms with Crippen molar-refractivity contribution in [2.75, 3.05) is 17.1 Å². The van der Waals surface area contributed by atoms with Crippen LogP contribution in [0, 0.1) is 20.8 Å². The molecule has 0 saturated carbocycles. The Balaban J connectivity index is 2.11. The van der Waals surface area contributed by atoms with Gasteiger partial charge in [0.15, 0.2) is 0 Å². The van der Waals surface area contributed by atoms with Crippen molar-refractivity contribution < 1.29 is 13.2 Å². The van der Waals surface area contributed by atoms with Crippen LogP contribution in [-0.2, 0) is 21.4 Å². The molecule has 134 valence electrons. The molecule has 0 fully saturated rings. The van der Waals surface area contributed by atoms with Gasteiger partial charge >= 0.3 is 0 Å². The molecule has 0 bridgehead atoms. The van der Waals surface area contributed by atoms with E-state index in [1.54, 1.807) is 12.1 Å². The minimum atomic E-state index is -3.56. The van der Waals surface area contributed by atoms with Gasteiger partial charge < -0.3 is 5.32 Å². The van der Waals surface area contributed by atoms with Crippen molar-refractivity contribution in [3.05, 3.63) is 64.7 Å². The Labute approximate surface area is 149 Å². The van der Waals surface area contributed by atoms with Crippen molar-refractivity contribution >= 4 is 21.6 Å². The average Bonchev–Trinajstić information content (AvgIpc) is 2.52. The predicted molar refractivity (Wildman–Crippen MR) is 101 cm³/mol. The van der Waals surface area contributed by atoms with Crippen LogP contribution in [-0.4, -0.2) is 27.1 Å². The highest BCUT2D eigenvalue weighted by atomic mass is 32.2. The van der Waals surface area contributed by atoms with Gasteiger partial charge in [-0.25, -0.2) is 8.42 Å². The van der Waals surface area contributed by atoms with Crippen LogP contribution in [0.2, 0.25) is 0 Å². The zero-order valence-electron chi connectivity index (χ0n) is 15.0. The van der Waals surface area contributed by atoms with E-state index in [9.17, 15) is 13.2 Å². The maximum absolute atomic E-state index is 12.3. The smallest absolute Gasteiger partial charge is 0.241 e. The Bertz CT molecular complexity index is 876. The molecule has 5 nitrogen and oxygen atoms in total. The molecule has 0 heterocycles. The second-order valence-electron chi connectivity index (χ2n) is 6.30. The molecular weight excluding hydrogens is 336 g/mol. The highest BCUT2D eigenvalue weighted by molar-refractivity contribution is 7.92. The van der Waals surface area contributed by atoms with Gasteiger partial charge in [-0.2, -0.15) is 0 Å². The summed E-state index contributed by atoms with van der Waals surface area (Å²) < 4.78 is 25.4. The summed E-state index contributed by atoms with van der Waals surface area (Å²) in [6.45, 7) is 5.98. The summed E-state index contributed by atoms with van der Waals surface area (Å²) in [5, 5.41) is 2.78. The van der Waals surface area contributed by atoms with Gasteiger partial charge in [-0.05, 0) is 49.6 Å². The molecule has 0 saturated heterocycles. The number of aryl methyl sites for hydroxylation is 3. The van der Waals surface area contributed by atoms with Crippen LogP contribution in [0.1, 0.15) is 22.3 Å². The van der Waals surface area contributed by atoms with E-state index >= 15 is 0 Å². The second-order valence-corrected chi connectivity index (χ2v) is 8.21. The molecule has 2 rings (SSSR count). The van der Waals surface area contributed by atoms with Gasteiger partial charge in [-0.3, -0.25) is 9.10 Å². The first kappa shape index (κ1) is 19.0. The number of amides is 1. The minimum absolute atomic E-state index is 0.243. The van der Waals surface area contributed by atoms with Crippen molar-refractivity contribution in [3.63, 3.8) is 0 Å². The number of benzene rings is 2. The number of rotatable bonds is 6. The van der Waals surface area contributed by atoms with E-state index in [1.807, 2.05) is 51.1 Å². The second kappa shape index (κ2) is 7.70. The minimum Gasteiger partial charge on any atom is -0.350 e. The molecule has 6 heteroatoms. The number of anilines is 1. The largest absolute Gasteiger partial charge is 0.350 e. The van der Waals surface area contributed by atoms with Crippen LogP contribution >= 0.6 is 0 Å². The molecule has 0 atom stereocenters. The first-order valence-electron chi connectivity index (χ1n) is 8.04. The van der Waals surface area contributed by atoms with E-state index in [1.165, 1.54) is 0 Å². The van der Waals surface area contributed by atoms with Crippen molar-refractivity contribution in [1.82, 2.24) is 5.32 Å². The molecular formula is C19H24N2O3S. The van der Waals surface area contributed by atoms with Crippen LogP contribution in [0.5, 0.6) is 0 Å². The van der Waals surface area contributed by atoms with Crippen LogP contribution in [0.25, 0.3) is 0 Å². The fourth-order valence-corrected chi connectivity index (χ4v) is 3.34. The quantitative estimate of drug-likeness (QED) is 0.861. The fourth-order valence-electron chi connectivity index (χ4n) is 2.49. The SMILES string of the molecule is Cc1cccc(CNC(=O)CN(c2ccc(C)c(C)c2)S(C)(=O)=O)c1. The van der Waals surface area contributed by atoms with Gasteiger partial charge in [0, 0.05) is 6.54 Å². The normalized spacial score (nSPS) is 11.2. The molecule has 0 unspecified atom stereocenters. The molecule has 0 aliphatic heterocycles. The molecule has 2 aromatic rings. The lowest BCUT2D eigenvalue weighted by Gasteiger charge is -2.22. The maximum Gasteiger partial charge on any atom is 0.241 e. The zero-order valence-corrected chi connectivity index (χ0v) is 15.9. The molecule has 0 spiro atoms. The van der Waals surface area contributed by atoms with Gasteiger partial charge in [0.1, 0.15) is 6.54 Å². The molecule has 0 aliphatic carbocycles. The summed E-state index contributed by atoms with van der Waals surface area (Å²) >= 11 is 0. The molecule has 0 aromatic heterocycles. The van der Waals surface area contributed by atoms with Crippen LogP contribution in [0.3, 0.4) is 0 Å². The van der Waals surface area contributed by atoms with E-state index in [-0.39, 0.29) is 12.5 Å². The number of sulfonamides is 1. The first-order valence-corrected chi connectivity index (χ1v) is 9.89. The van der Waals surface area contributed by atoms with Crippen molar-refractivity contribution in [2.45, 2.75) is 27.3 Å². The molecule has 2 aromatic carbocycles. The van der Waals surface area contributed by atoms with Crippen molar-refractivity contribution in [3.8, 4) is 0 Å². The molecule has 1 amide bonds. The predicted octanol–water partition coefficient (Wildman–Crippen LogP) is 2.69. The van der Waals surface area contributed by atoms with Gasteiger partial charge in [-0.15, -0.1) is 0 Å². The number of nitrogens with zero attached hydrogens (tertiary/aromatic N) is 1. The summed E-state index contributed by atoms with van der Waals surface area (Å²) in [4.78, 5) is 12.3. The van der Waals surface area contributed by atoms with Gasteiger partial charge in [-0.1, -0.05) is 35.9 Å². The van der Waals surface area contributed by atoms with Crippen molar-refractivity contribution in [2.24, 2.45) is 0 Å². The zero-order chi connectivity index (χ0) is 18.6. The summed E-state index contributed by atoms with van der Waals surface area (Å²) in [6.07, 6.45) is 1.11. The lowest BCUT2D eigenvalue weighted by Crippen LogP contribution is -2.40. The number of carbonyl (C=O) groups is 1. The third-order valence-electron chi connectivity index (χ3n) is 4.04. The molecule has 0 radical (unpaired) electrons. The Morgan fingerprint density at radius 3 is 2.36 bits per heavy atom. The van der Waals surface area contributed by atoms with Crippen molar-refractivity contribution in [1.29, 1.82) is 0 Å². The molecule has 0 aliphatic rings. The van der Waals surface area contributed by atoms with E-state index in [4.69, 9.17) is 0 Å². The first-order chi connectivity index (χ1) is 11.7.